The number of ether oxygens (including phenoxy) is 3. The lowest BCUT2D eigenvalue weighted by Gasteiger charge is -2.23. The van der Waals surface area contributed by atoms with Gasteiger partial charge in [-0.2, -0.15) is 0 Å². The van der Waals surface area contributed by atoms with Gasteiger partial charge in [0.1, 0.15) is 12.0 Å². The number of aromatic nitrogens is 1. The molecule has 2 aromatic rings. The lowest BCUT2D eigenvalue weighted by molar-refractivity contribution is 0.0738. The fourth-order valence-corrected chi connectivity index (χ4v) is 3.09. The summed E-state index contributed by atoms with van der Waals surface area (Å²) in [6.07, 6.45) is 7.45. The molecule has 0 bridgehead atoms. The van der Waals surface area contributed by atoms with Crippen molar-refractivity contribution in [3.63, 3.8) is 0 Å². The van der Waals surface area contributed by atoms with Gasteiger partial charge in [0.15, 0.2) is 23.8 Å². The van der Waals surface area contributed by atoms with Gasteiger partial charge in [-0.15, -0.1) is 0 Å². The van der Waals surface area contributed by atoms with Crippen LogP contribution in [0, 0.1) is 0 Å². The van der Waals surface area contributed by atoms with Crippen LogP contribution >= 0.6 is 0 Å². The van der Waals surface area contributed by atoms with Crippen molar-refractivity contribution in [2.45, 2.75) is 32.4 Å². The molecule has 0 fully saturated rings. The van der Waals surface area contributed by atoms with Gasteiger partial charge in [0.05, 0.1) is 6.04 Å². The van der Waals surface area contributed by atoms with E-state index in [4.69, 9.17) is 18.6 Å². The topological polar surface area (TPSA) is 74.0 Å². The maximum atomic E-state index is 12.6. The third-order valence-electron chi connectivity index (χ3n) is 4.38. The average molecular weight is 356 g/mol. The lowest BCUT2D eigenvalue weighted by atomic mass is 10.1. The van der Waals surface area contributed by atoms with Crippen LogP contribution in [0.2, 0.25) is 0 Å². The molecule has 7 nitrogen and oxygen atoms in total. The van der Waals surface area contributed by atoms with Gasteiger partial charge in [0.2, 0.25) is 12.7 Å². The number of oxazole rings is 1. The SMILES string of the molecule is CCCC1C=CCN1C(=O)c1coc(COc2ccc3c(c2)OCO3)n1. The number of fused-ring (bicyclic) bond motifs is 1. The van der Waals surface area contributed by atoms with Crippen LogP contribution in [0.4, 0.5) is 0 Å². The molecule has 0 aliphatic carbocycles. The van der Waals surface area contributed by atoms with E-state index in [1.54, 1.807) is 18.2 Å². The van der Waals surface area contributed by atoms with Crippen LogP contribution in [0.3, 0.4) is 0 Å². The van der Waals surface area contributed by atoms with E-state index >= 15 is 0 Å². The summed E-state index contributed by atoms with van der Waals surface area (Å²) < 4.78 is 21.6. The molecule has 0 saturated carbocycles. The van der Waals surface area contributed by atoms with Crippen LogP contribution in [0.15, 0.2) is 41.0 Å². The van der Waals surface area contributed by atoms with Crippen LogP contribution in [-0.2, 0) is 6.61 Å². The van der Waals surface area contributed by atoms with E-state index < -0.39 is 0 Å². The number of nitrogens with zero attached hydrogens (tertiary/aromatic N) is 2. The van der Waals surface area contributed by atoms with Crippen LogP contribution in [0.1, 0.15) is 36.1 Å². The summed E-state index contributed by atoms with van der Waals surface area (Å²) in [4.78, 5) is 18.7. The maximum Gasteiger partial charge on any atom is 0.276 e. The highest BCUT2D eigenvalue weighted by Crippen LogP contribution is 2.35. The number of rotatable bonds is 6. The predicted octanol–water partition coefficient (Wildman–Crippen LogP) is 3.16. The van der Waals surface area contributed by atoms with E-state index in [9.17, 15) is 4.79 Å². The largest absolute Gasteiger partial charge is 0.484 e. The number of benzene rings is 1. The number of carbonyl (C=O) groups excluding carboxylic acids is 1. The van der Waals surface area contributed by atoms with E-state index in [0.717, 1.165) is 12.8 Å². The molecule has 1 amide bonds. The summed E-state index contributed by atoms with van der Waals surface area (Å²) in [5.74, 6) is 2.19. The Hall–Kier alpha value is -2.96. The molecule has 136 valence electrons. The molecule has 2 aliphatic heterocycles. The van der Waals surface area contributed by atoms with Crippen LogP contribution < -0.4 is 14.2 Å². The predicted molar refractivity (Wildman–Crippen MR) is 92.3 cm³/mol. The highest BCUT2D eigenvalue weighted by atomic mass is 16.7. The summed E-state index contributed by atoms with van der Waals surface area (Å²) in [5.41, 5.74) is 0.305. The summed E-state index contributed by atoms with van der Waals surface area (Å²) in [7, 11) is 0. The first-order valence-corrected chi connectivity index (χ1v) is 8.69. The minimum absolute atomic E-state index is 0.119. The van der Waals surface area contributed by atoms with Crippen molar-refractivity contribution < 1.29 is 23.4 Å². The number of hydrogen-bond donors (Lipinski definition) is 0. The fraction of sp³-hybridized carbons (Fsp3) is 0.368. The Morgan fingerprint density at radius 1 is 1.35 bits per heavy atom. The zero-order chi connectivity index (χ0) is 17.9. The van der Waals surface area contributed by atoms with E-state index in [1.165, 1.54) is 6.26 Å². The summed E-state index contributed by atoms with van der Waals surface area (Å²) in [5, 5.41) is 0. The molecule has 7 heteroatoms. The zero-order valence-corrected chi connectivity index (χ0v) is 14.5. The Balaban J connectivity index is 1.38. The first-order chi connectivity index (χ1) is 12.7. The van der Waals surface area contributed by atoms with E-state index in [1.807, 2.05) is 11.0 Å². The number of amides is 1. The van der Waals surface area contributed by atoms with Crippen LogP contribution in [-0.4, -0.2) is 35.2 Å². The van der Waals surface area contributed by atoms with Gasteiger partial charge in [-0.25, -0.2) is 4.98 Å². The number of carbonyl (C=O) groups is 1. The van der Waals surface area contributed by atoms with E-state index in [-0.39, 0.29) is 25.3 Å². The van der Waals surface area contributed by atoms with Gasteiger partial charge in [-0.3, -0.25) is 4.79 Å². The molecular formula is C19H20N2O5. The monoisotopic (exact) mass is 356 g/mol. The van der Waals surface area contributed by atoms with Gasteiger partial charge in [0, 0.05) is 12.6 Å². The molecule has 0 N–H and O–H groups in total. The second kappa shape index (κ2) is 7.11. The van der Waals surface area contributed by atoms with E-state index in [2.05, 4.69) is 18.0 Å². The van der Waals surface area contributed by atoms with Crippen LogP contribution in [0.5, 0.6) is 17.2 Å². The second-order valence-electron chi connectivity index (χ2n) is 6.17. The molecule has 1 unspecified atom stereocenters. The first-order valence-electron chi connectivity index (χ1n) is 8.69. The molecule has 2 aliphatic rings. The van der Waals surface area contributed by atoms with Gasteiger partial charge in [-0.05, 0) is 18.6 Å². The molecule has 1 aromatic heterocycles. The van der Waals surface area contributed by atoms with Crippen LogP contribution in [0.25, 0.3) is 0 Å². The number of hydrogen-bond acceptors (Lipinski definition) is 6. The Bertz CT molecular complexity index is 829. The van der Waals surface area contributed by atoms with Crippen molar-refractivity contribution in [2.75, 3.05) is 13.3 Å². The summed E-state index contributed by atoms with van der Waals surface area (Å²) in [6, 6.07) is 5.46. The molecular weight excluding hydrogens is 336 g/mol. The van der Waals surface area contributed by atoms with Crippen molar-refractivity contribution in [3.05, 3.63) is 48.2 Å². The summed E-state index contributed by atoms with van der Waals surface area (Å²) >= 11 is 0. The van der Waals surface area contributed by atoms with Crippen molar-refractivity contribution >= 4 is 5.91 Å². The van der Waals surface area contributed by atoms with Gasteiger partial charge in [-0.1, -0.05) is 25.5 Å². The van der Waals surface area contributed by atoms with Crippen molar-refractivity contribution in [1.82, 2.24) is 9.88 Å². The molecule has 26 heavy (non-hydrogen) atoms. The van der Waals surface area contributed by atoms with Crippen molar-refractivity contribution in [2.24, 2.45) is 0 Å². The standard InChI is InChI=1S/C19H20N2O5/c1-2-4-13-5-3-8-21(13)19(22)15-10-24-18(20-15)11-23-14-6-7-16-17(9-14)26-12-25-16/h3,5-7,9-10,13H,2,4,8,11-12H2,1H3. The zero-order valence-electron chi connectivity index (χ0n) is 14.5. The smallest absolute Gasteiger partial charge is 0.276 e. The van der Waals surface area contributed by atoms with E-state index in [0.29, 0.717) is 35.4 Å². The third kappa shape index (κ3) is 3.24. The van der Waals surface area contributed by atoms with Gasteiger partial charge >= 0.3 is 0 Å². The highest BCUT2D eigenvalue weighted by molar-refractivity contribution is 5.92. The van der Waals surface area contributed by atoms with Gasteiger partial charge in [0.25, 0.3) is 5.91 Å². The Labute approximate surface area is 151 Å². The average Bonchev–Trinajstić information content (AvgIpc) is 3.39. The molecule has 1 aromatic carbocycles. The molecule has 3 heterocycles. The fourth-order valence-electron chi connectivity index (χ4n) is 3.09. The minimum atomic E-state index is -0.119. The minimum Gasteiger partial charge on any atom is -0.484 e. The quantitative estimate of drug-likeness (QED) is 0.740. The highest BCUT2D eigenvalue weighted by Gasteiger charge is 2.27. The summed E-state index contributed by atoms with van der Waals surface area (Å²) in [6.45, 7) is 3.06. The maximum absolute atomic E-state index is 12.6. The Morgan fingerprint density at radius 3 is 3.12 bits per heavy atom. The van der Waals surface area contributed by atoms with Crippen molar-refractivity contribution in [1.29, 1.82) is 0 Å². The van der Waals surface area contributed by atoms with Crippen molar-refractivity contribution in [3.8, 4) is 17.2 Å². The molecule has 0 saturated heterocycles. The molecule has 1 atom stereocenters. The second-order valence-corrected chi connectivity index (χ2v) is 6.17. The van der Waals surface area contributed by atoms with Gasteiger partial charge < -0.3 is 23.5 Å². The normalized spacial score (nSPS) is 17.7. The third-order valence-corrected chi connectivity index (χ3v) is 4.38. The molecule has 0 spiro atoms. The molecule has 4 rings (SSSR count). The Kier molecular flexibility index (Phi) is 4.51. The molecule has 0 radical (unpaired) electrons. The first kappa shape index (κ1) is 16.5. The lowest BCUT2D eigenvalue weighted by Crippen LogP contribution is -2.36. The Morgan fingerprint density at radius 2 is 2.23 bits per heavy atom.